The van der Waals surface area contributed by atoms with Gasteiger partial charge in [-0.2, -0.15) is 17.0 Å². The Bertz CT molecular complexity index is 404. The molecular weight excluding hydrogens is 260 g/mol. The highest BCUT2D eigenvalue weighted by atomic mass is 32.2. The smallest absolute Gasteiger partial charge is 0.324 e. The van der Waals surface area contributed by atoms with Gasteiger partial charge in [-0.1, -0.05) is 6.42 Å². The first kappa shape index (κ1) is 13.7. The van der Waals surface area contributed by atoms with Crippen LogP contribution in [-0.2, 0) is 19.7 Å². The molecule has 8 heteroatoms. The van der Waals surface area contributed by atoms with Crippen LogP contribution in [0.3, 0.4) is 0 Å². The number of aliphatic carboxylic acids is 1. The minimum Gasteiger partial charge on any atom is -0.480 e. The molecule has 0 aromatic carbocycles. The molecule has 0 aromatic rings. The summed E-state index contributed by atoms with van der Waals surface area (Å²) < 4.78 is 32.3. The quantitative estimate of drug-likeness (QED) is 0.752. The molecule has 0 aliphatic carbocycles. The number of piperidine rings is 1. The lowest BCUT2D eigenvalue weighted by molar-refractivity contribution is -0.146. The van der Waals surface area contributed by atoms with Crippen LogP contribution >= 0.6 is 0 Å². The minimum atomic E-state index is -3.67. The van der Waals surface area contributed by atoms with E-state index in [0.717, 1.165) is 23.6 Å². The summed E-state index contributed by atoms with van der Waals surface area (Å²) in [4.78, 5) is 11.1. The molecular formula is C10H18N2O5S. The van der Waals surface area contributed by atoms with E-state index in [9.17, 15) is 13.2 Å². The van der Waals surface area contributed by atoms with E-state index in [1.54, 1.807) is 0 Å². The van der Waals surface area contributed by atoms with Gasteiger partial charge in [0.05, 0.1) is 13.2 Å². The van der Waals surface area contributed by atoms with Gasteiger partial charge < -0.3 is 9.84 Å². The molecule has 2 aliphatic heterocycles. The fourth-order valence-electron chi connectivity index (χ4n) is 2.30. The highest BCUT2D eigenvalue weighted by Crippen LogP contribution is 2.20. The number of morpholine rings is 1. The molecule has 2 heterocycles. The molecule has 0 spiro atoms. The summed E-state index contributed by atoms with van der Waals surface area (Å²) in [6, 6.07) is -1.11. The molecule has 0 saturated carbocycles. The number of carbonyl (C=O) groups is 1. The monoisotopic (exact) mass is 278 g/mol. The number of ether oxygens (including phenoxy) is 1. The van der Waals surface area contributed by atoms with Crippen molar-refractivity contribution in [3.8, 4) is 0 Å². The van der Waals surface area contributed by atoms with E-state index in [1.807, 2.05) is 0 Å². The number of rotatable bonds is 3. The lowest BCUT2D eigenvalue weighted by Crippen LogP contribution is -2.57. The van der Waals surface area contributed by atoms with Crippen LogP contribution in [0.2, 0.25) is 0 Å². The van der Waals surface area contributed by atoms with Gasteiger partial charge in [-0.25, -0.2) is 0 Å². The maximum absolute atomic E-state index is 12.4. The third-order valence-corrected chi connectivity index (χ3v) is 5.35. The van der Waals surface area contributed by atoms with Gasteiger partial charge in [0, 0.05) is 19.6 Å². The number of carboxylic acids is 1. The molecule has 1 unspecified atom stereocenters. The SMILES string of the molecule is O=C(O)C1COCCN1S(=O)(=O)N1CCCCC1. The van der Waals surface area contributed by atoms with Crippen LogP contribution in [0.5, 0.6) is 0 Å². The fourth-order valence-corrected chi connectivity index (χ4v) is 4.10. The summed E-state index contributed by atoms with van der Waals surface area (Å²) in [6.45, 7) is 1.23. The molecule has 0 aromatic heterocycles. The molecule has 2 rings (SSSR count). The molecule has 2 saturated heterocycles. The molecule has 0 amide bonds. The van der Waals surface area contributed by atoms with E-state index in [2.05, 4.69) is 0 Å². The lowest BCUT2D eigenvalue weighted by Gasteiger charge is -2.37. The standard InChI is InChI=1S/C10H18N2O5S/c13-10(14)9-8-17-7-6-12(9)18(15,16)11-4-2-1-3-5-11/h9H,1-8H2,(H,13,14). The first-order chi connectivity index (χ1) is 8.53. The van der Waals surface area contributed by atoms with Crippen LogP contribution in [0.1, 0.15) is 19.3 Å². The zero-order valence-corrected chi connectivity index (χ0v) is 10.9. The predicted octanol–water partition coefficient (Wildman–Crippen LogP) is -0.497. The highest BCUT2D eigenvalue weighted by molar-refractivity contribution is 7.86. The third-order valence-electron chi connectivity index (χ3n) is 3.30. The summed E-state index contributed by atoms with van der Waals surface area (Å²) in [7, 11) is -3.67. The van der Waals surface area contributed by atoms with E-state index in [1.165, 1.54) is 4.31 Å². The van der Waals surface area contributed by atoms with Crippen molar-refractivity contribution in [3.05, 3.63) is 0 Å². The Kier molecular flexibility index (Phi) is 4.21. The minimum absolute atomic E-state index is 0.0809. The summed E-state index contributed by atoms with van der Waals surface area (Å²) in [5, 5.41) is 9.07. The van der Waals surface area contributed by atoms with Gasteiger partial charge >= 0.3 is 5.97 Å². The molecule has 1 atom stereocenters. The van der Waals surface area contributed by atoms with Gasteiger partial charge in [-0.05, 0) is 12.8 Å². The van der Waals surface area contributed by atoms with Gasteiger partial charge in [0.2, 0.25) is 0 Å². The average Bonchev–Trinajstić information content (AvgIpc) is 2.39. The van der Waals surface area contributed by atoms with E-state index >= 15 is 0 Å². The van der Waals surface area contributed by atoms with Crippen LogP contribution in [0.15, 0.2) is 0 Å². The fraction of sp³-hybridized carbons (Fsp3) is 0.900. The number of hydrogen-bond donors (Lipinski definition) is 1. The summed E-state index contributed by atoms with van der Waals surface area (Å²) >= 11 is 0. The largest absolute Gasteiger partial charge is 0.480 e. The lowest BCUT2D eigenvalue weighted by atomic mass is 10.2. The van der Waals surface area contributed by atoms with Gasteiger partial charge in [0.25, 0.3) is 10.2 Å². The maximum atomic E-state index is 12.4. The normalized spacial score (nSPS) is 28.1. The second-order valence-electron chi connectivity index (χ2n) is 4.51. The van der Waals surface area contributed by atoms with Crippen LogP contribution in [-0.4, -0.2) is 67.0 Å². The molecule has 0 radical (unpaired) electrons. The Morgan fingerprint density at radius 1 is 1.17 bits per heavy atom. The Labute approximate surface area is 106 Å². The molecule has 2 fully saturated rings. The van der Waals surface area contributed by atoms with Gasteiger partial charge in [-0.15, -0.1) is 0 Å². The summed E-state index contributed by atoms with van der Waals surface area (Å²) in [5.41, 5.74) is 0. The first-order valence-corrected chi connectivity index (χ1v) is 7.50. The van der Waals surface area contributed by atoms with E-state index in [0.29, 0.717) is 13.1 Å². The van der Waals surface area contributed by atoms with Crippen molar-refractivity contribution >= 4 is 16.2 Å². The topological polar surface area (TPSA) is 87.1 Å². The molecule has 18 heavy (non-hydrogen) atoms. The van der Waals surface area contributed by atoms with Crippen LogP contribution in [0, 0.1) is 0 Å². The first-order valence-electron chi connectivity index (χ1n) is 6.11. The Morgan fingerprint density at radius 3 is 2.44 bits per heavy atom. The van der Waals surface area contributed by atoms with Gasteiger partial charge in [-0.3, -0.25) is 4.79 Å². The van der Waals surface area contributed by atoms with Crippen molar-refractivity contribution in [3.63, 3.8) is 0 Å². The number of nitrogens with zero attached hydrogens (tertiary/aromatic N) is 2. The Hall–Kier alpha value is -0.700. The van der Waals surface area contributed by atoms with E-state index in [4.69, 9.17) is 9.84 Å². The van der Waals surface area contributed by atoms with E-state index < -0.39 is 22.2 Å². The Morgan fingerprint density at radius 2 is 1.83 bits per heavy atom. The van der Waals surface area contributed by atoms with Crippen LogP contribution < -0.4 is 0 Å². The molecule has 104 valence electrons. The van der Waals surface area contributed by atoms with Crippen molar-refractivity contribution in [1.82, 2.24) is 8.61 Å². The summed E-state index contributed by atoms with van der Waals surface area (Å²) in [5.74, 6) is -1.16. The summed E-state index contributed by atoms with van der Waals surface area (Å²) in [6.07, 6.45) is 2.69. The maximum Gasteiger partial charge on any atom is 0.324 e. The van der Waals surface area contributed by atoms with Crippen LogP contribution in [0.4, 0.5) is 0 Å². The van der Waals surface area contributed by atoms with Gasteiger partial charge in [0.15, 0.2) is 0 Å². The predicted molar refractivity (Wildman–Crippen MR) is 63.3 cm³/mol. The van der Waals surface area contributed by atoms with Crippen molar-refractivity contribution in [2.75, 3.05) is 32.8 Å². The van der Waals surface area contributed by atoms with Crippen molar-refractivity contribution in [2.45, 2.75) is 25.3 Å². The van der Waals surface area contributed by atoms with Gasteiger partial charge in [0.1, 0.15) is 6.04 Å². The highest BCUT2D eigenvalue weighted by Gasteiger charge is 2.40. The number of carboxylic acid groups (broad SMARTS) is 1. The molecule has 0 bridgehead atoms. The molecule has 7 nitrogen and oxygen atoms in total. The molecule has 1 N–H and O–H groups in total. The average molecular weight is 278 g/mol. The molecule has 2 aliphatic rings. The Balaban J connectivity index is 2.18. The van der Waals surface area contributed by atoms with Crippen LogP contribution in [0.25, 0.3) is 0 Å². The van der Waals surface area contributed by atoms with Crippen molar-refractivity contribution in [1.29, 1.82) is 0 Å². The second kappa shape index (κ2) is 5.52. The zero-order valence-electron chi connectivity index (χ0n) is 10.1. The van der Waals surface area contributed by atoms with Crippen molar-refractivity contribution < 1.29 is 23.1 Å². The number of hydrogen-bond acceptors (Lipinski definition) is 4. The third kappa shape index (κ3) is 2.66. The second-order valence-corrected chi connectivity index (χ2v) is 6.39. The van der Waals surface area contributed by atoms with Crippen molar-refractivity contribution in [2.24, 2.45) is 0 Å². The van der Waals surface area contributed by atoms with E-state index in [-0.39, 0.29) is 19.8 Å². The zero-order chi connectivity index (χ0) is 13.2.